The van der Waals surface area contributed by atoms with Crippen molar-refractivity contribution in [3.8, 4) is 0 Å². The third-order valence-corrected chi connectivity index (χ3v) is 5.58. The molecule has 0 saturated heterocycles. The Labute approximate surface area is 162 Å². The lowest BCUT2D eigenvalue weighted by atomic mass is 10.2. The summed E-state index contributed by atoms with van der Waals surface area (Å²) in [7, 11) is 3.92. The predicted molar refractivity (Wildman–Crippen MR) is 106 cm³/mol. The lowest BCUT2D eigenvalue weighted by Crippen LogP contribution is -2.34. The van der Waals surface area contributed by atoms with E-state index in [0.717, 1.165) is 21.6 Å². The second-order valence-electron chi connectivity index (χ2n) is 5.88. The number of carbonyl (C=O) groups excluding carboxylic acids is 1. The molecule has 0 fully saturated rings. The molecule has 1 amide bonds. The van der Waals surface area contributed by atoms with E-state index in [2.05, 4.69) is 5.32 Å². The Morgan fingerprint density at radius 1 is 1.28 bits per heavy atom. The molecule has 1 atom stereocenters. The largest absolute Gasteiger partial charge is 0.465 e. The van der Waals surface area contributed by atoms with E-state index in [-0.39, 0.29) is 24.4 Å². The molecule has 0 aliphatic heterocycles. The van der Waals surface area contributed by atoms with Crippen molar-refractivity contribution in [2.24, 2.45) is 0 Å². The highest BCUT2D eigenvalue weighted by Crippen LogP contribution is 2.35. The van der Waals surface area contributed by atoms with E-state index < -0.39 is 0 Å². The van der Waals surface area contributed by atoms with Crippen LogP contribution in [-0.2, 0) is 0 Å². The first kappa shape index (κ1) is 19.8. The molecule has 0 spiro atoms. The number of carbonyl (C=O) groups is 1. The number of thiophene rings is 1. The van der Waals surface area contributed by atoms with E-state index in [1.165, 1.54) is 11.3 Å². The molecular weight excluding hydrogens is 379 g/mol. The standard InChI is InChI=1S/C18H19ClN2O2S.ClH/c1-11-8-9-14(23-11)13(21(2)3)10-20-18(22)17-16(19)12-6-4-5-7-15(12)24-17;/h4-9,13H,10H2,1-3H3,(H,20,22);1H. The number of hydrogen-bond acceptors (Lipinski definition) is 4. The molecule has 3 aromatic rings. The summed E-state index contributed by atoms with van der Waals surface area (Å²) in [4.78, 5) is 15.1. The van der Waals surface area contributed by atoms with Crippen LogP contribution in [0.25, 0.3) is 10.1 Å². The minimum Gasteiger partial charge on any atom is -0.465 e. The van der Waals surface area contributed by atoms with Crippen molar-refractivity contribution >= 4 is 51.3 Å². The fourth-order valence-corrected chi connectivity index (χ4v) is 4.03. The molecule has 3 rings (SSSR count). The summed E-state index contributed by atoms with van der Waals surface area (Å²) in [6, 6.07) is 11.6. The number of furan rings is 1. The van der Waals surface area contributed by atoms with Gasteiger partial charge in [0, 0.05) is 16.6 Å². The first-order chi connectivity index (χ1) is 11.5. The number of likely N-dealkylation sites (N-methyl/N-ethyl adjacent to an activating group) is 1. The van der Waals surface area contributed by atoms with E-state index in [9.17, 15) is 4.79 Å². The van der Waals surface area contributed by atoms with Crippen molar-refractivity contribution in [3.05, 3.63) is 57.8 Å². The number of rotatable bonds is 5. The third kappa shape index (κ3) is 4.18. The van der Waals surface area contributed by atoms with Crippen LogP contribution >= 0.6 is 35.3 Å². The fourth-order valence-electron chi connectivity index (χ4n) is 2.60. The van der Waals surface area contributed by atoms with Gasteiger partial charge in [-0.1, -0.05) is 29.8 Å². The summed E-state index contributed by atoms with van der Waals surface area (Å²) in [5.41, 5.74) is 0. The van der Waals surface area contributed by atoms with Crippen LogP contribution < -0.4 is 5.32 Å². The van der Waals surface area contributed by atoms with Crippen molar-refractivity contribution in [1.29, 1.82) is 0 Å². The summed E-state index contributed by atoms with van der Waals surface area (Å²) < 4.78 is 6.71. The number of nitrogens with zero attached hydrogens (tertiary/aromatic N) is 1. The molecule has 1 aromatic carbocycles. The van der Waals surface area contributed by atoms with Crippen LogP contribution in [-0.4, -0.2) is 31.4 Å². The molecule has 1 N–H and O–H groups in total. The van der Waals surface area contributed by atoms with Gasteiger partial charge >= 0.3 is 0 Å². The number of hydrogen-bond donors (Lipinski definition) is 1. The van der Waals surface area contributed by atoms with Gasteiger partial charge in [0.15, 0.2) is 0 Å². The van der Waals surface area contributed by atoms with Crippen LogP contribution in [0.3, 0.4) is 0 Å². The summed E-state index contributed by atoms with van der Waals surface area (Å²) >= 11 is 7.78. The second-order valence-corrected chi connectivity index (χ2v) is 7.31. The molecule has 1 unspecified atom stereocenters. The fraction of sp³-hybridized carbons (Fsp3) is 0.278. The van der Waals surface area contributed by atoms with Crippen molar-refractivity contribution < 1.29 is 9.21 Å². The number of benzene rings is 1. The van der Waals surface area contributed by atoms with Crippen molar-refractivity contribution in [2.75, 3.05) is 20.6 Å². The topological polar surface area (TPSA) is 45.5 Å². The van der Waals surface area contributed by atoms with Crippen LogP contribution in [0.2, 0.25) is 5.02 Å². The molecule has 7 heteroatoms. The zero-order valence-corrected chi connectivity index (χ0v) is 16.6. The Hall–Kier alpha value is -1.53. The van der Waals surface area contributed by atoms with Crippen LogP contribution in [0.4, 0.5) is 0 Å². The van der Waals surface area contributed by atoms with Gasteiger partial charge in [-0.05, 0) is 39.2 Å². The second kappa shape index (κ2) is 8.23. The zero-order chi connectivity index (χ0) is 17.3. The van der Waals surface area contributed by atoms with Crippen LogP contribution in [0.15, 0.2) is 40.8 Å². The highest BCUT2D eigenvalue weighted by Gasteiger charge is 2.21. The average molecular weight is 399 g/mol. The SMILES string of the molecule is Cc1ccc(C(CNC(=O)c2sc3ccccc3c2Cl)N(C)C)o1.Cl. The number of aryl methyl sites for hydroxylation is 1. The maximum atomic E-state index is 12.6. The summed E-state index contributed by atoms with van der Waals surface area (Å²) in [5.74, 6) is 1.53. The summed E-state index contributed by atoms with van der Waals surface area (Å²) in [6.07, 6.45) is 0. The van der Waals surface area contributed by atoms with Crippen LogP contribution in [0, 0.1) is 6.92 Å². The van der Waals surface area contributed by atoms with Gasteiger partial charge in [0.05, 0.1) is 11.1 Å². The Balaban J connectivity index is 0.00000225. The lowest BCUT2D eigenvalue weighted by molar-refractivity contribution is 0.0943. The molecule has 2 heterocycles. The highest BCUT2D eigenvalue weighted by molar-refractivity contribution is 7.21. The van der Waals surface area contributed by atoms with E-state index in [1.54, 1.807) is 0 Å². The summed E-state index contributed by atoms with van der Waals surface area (Å²) in [5, 5.41) is 4.41. The first-order valence-corrected chi connectivity index (χ1v) is 8.85. The molecule has 0 saturated carbocycles. The van der Waals surface area contributed by atoms with Gasteiger partial charge in [0.1, 0.15) is 16.4 Å². The quantitative estimate of drug-likeness (QED) is 0.663. The Morgan fingerprint density at radius 3 is 2.60 bits per heavy atom. The van der Waals surface area contributed by atoms with Gasteiger partial charge in [-0.3, -0.25) is 9.69 Å². The normalized spacial score (nSPS) is 12.2. The molecule has 0 aliphatic rings. The monoisotopic (exact) mass is 398 g/mol. The van der Waals surface area contributed by atoms with E-state index >= 15 is 0 Å². The lowest BCUT2D eigenvalue weighted by Gasteiger charge is -2.22. The van der Waals surface area contributed by atoms with Gasteiger partial charge in [-0.2, -0.15) is 0 Å². The van der Waals surface area contributed by atoms with Gasteiger partial charge in [0.2, 0.25) is 0 Å². The minimum absolute atomic E-state index is 0. The first-order valence-electron chi connectivity index (χ1n) is 7.65. The van der Waals surface area contributed by atoms with Crippen LogP contribution in [0.1, 0.15) is 27.2 Å². The maximum Gasteiger partial charge on any atom is 0.263 e. The molecule has 0 radical (unpaired) electrons. The van der Waals surface area contributed by atoms with Crippen LogP contribution in [0.5, 0.6) is 0 Å². The molecule has 0 bridgehead atoms. The molecular formula is C18H20Cl2N2O2S. The molecule has 4 nitrogen and oxygen atoms in total. The number of nitrogens with one attached hydrogen (secondary N) is 1. The smallest absolute Gasteiger partial charge is 0.263 e. The Morgan fingerprint density at radius 2 is 2.00 bits per heavy atom. The number of fused-ring (bicyclic) bond motifs is 1. The average Bonchev–Trinajstić information content (AvgIpc) is 3.12. The Kier molecular flexibility index (Phi) is 6.52. The minimum atomic E-state index is -0.156. The highest BCUT2D eigenvalue weighted by atomic mass is 35.5. The molecule has 134 valence electrons. The van der Waals surface area contributed by atoms with Crippen molar-refractivity contribution in [2.45, 2.75) is 13.0 Å². The zero-order valence-electron chi connectivity index (χ0n) is 14.2. The van der Waals surface area contributed by atoms with E-state index in [4.69, 9.17) is 16.0 Å². The summed E-state index contributed by atoms with van der Waals surface area (Å²) in [6.45, 7) is 2.36. The predicted octanol–water partition coefficient (Wildman–Crippen LogP) is 4.91. The Bertz CT molecular complexity index is 873. The van der Waals surface area contributed by atoms with Crippen molar-refractivity contribution in [3.63, 3.8) is 0 Å². The molecule has 0 aliphatic carbocycles. The third-order valence-electron chi connectivity index (χ3n) is 3.91. The van der Waals surface area contributed by atoms with E-state index in [1.807, 2.05) is 62.3 Å². The van der Waals surface area contributed by atoms with Gasteiger partial charge in [-0.25, -0.2) is 0 Å². The molecule has 2 aromatic heterocycles. The van der Waals surface area contributed by atoms with Gasteiger partial charge < -0.3 is 9.73 Å². The number of halogens is 2. The van der Waals surface area contributed by atoms with Crippen molar-refractivity contribution in [1.82, 2.24) is 10.2 Å². The maximum absolute atomic E-state index is 12.6. The number of amides is 1. The van der Waals surface area contributed by atoms with E-state index in [0.29, 0.717) is 16.4 Å². The van der Waals surface area contributed by atoms with Gasteiger partial charge in [-0.15, -0.1) is 23.7 Å². The molecule has 25 heavy (non-hydrogen) atoms. The van der Waals surface area contributed by atoms with Gasteiger partial charge in [0.25, 0.3) is 5.91 Å².